The lowest BCUT2D eigenvalue weighted by Gasteiger charge is -2.13. The summed E-state index contributed by atoms with van der Waals surface area (Å²) in [5, 5.41) is 9.09. The van der Waals surface area contributed by atoms with Gasteiger partial charge in [-0.3, -0.25) is 9.59 Å². The summed E-state index contributed by atoms with van der Waals surface area (Å²) in [7, 11) is 0. The average Bonchev–Trinajstić information content (AvgIpc) is 3.50. The maximum atomic E-state index is 13.7. The zero-order valence-electron chi connectivity index (χ0n) is 16.3. The van der Waals surface area contributed by atoms with Crippen LogP contribution in [0.25, 0.3) is 5.69 Å². The Morgan fingerprint density at radius 2 is 1.71 bits per heavy atom. The number of aromatic nitrogens is 2. The second-order valence-electron chi connectivity index (χ2n) is 7.30. The fraction of sp³-hybridized carbons (Fsp3) is 0.227. The Bertz CT molecular complexity index is 1090. The van der Waals surface area contributed by atoms with Crippen LogP contribution in [-0.4, -0.2) is 21.6 Å². The number of amides is 2. The van der Waals surface area contributed by atoms with Crippen LogP contribution in [0.15, 0.2) is 60.8 Å². The molecule has 1 aliphatic carbocycles. The molecule has 2 aromatic carbocycles. The number of benzene rings is 2. The molecule has 1 aliphatic rings. The maximum absolute atomic E-state index is 13.7. The molecule has 31 heavy (non-hydrogen) atoms. The van der Waals surface area contributed by atoms with Gasteiger partial charge in [-0.25, -0.2) is 4.68 Å². The molecule has 3 aromatic rings. The molecule has 1 heterocycles. The van der Waals surface area contributed by atoms with Gasteiger partial charge in [-0.1, -0.05) is 30.3 Å². The zero-order chi connectivity index (χ0) is 22.0. The number of carbonyl (C=O) groups excluding carboxylic acids is 2. The van der Waals surface area contributed by atoms with Crippen molar-refractivity contribution >= 4 is 17.5 Å². The van der Waals surface area contributed by atoms with Gasteiger partial charge in [-0.05, 0) is 42.7 Å². The van der Waals surface area contributed by atoms with Crippen LogP contribution in [0.5, 0.6) is 0 Å². The molecule has 2 amide bonds. The highest BCUT2D eigenvalue weighted by Gasteiger charge is 2.40. The normalized spacial score (nSPS) is 13.6. The van der Waals surface area contributed by atoms with Gasteiger partial charge in [0.25, 0.3) is 5.91 Å². The average molecular weight is 428 g/mol. The highest BCUT2D eigenvalue weighted by Crippen LogP contribution is 2.33. The molecule has 0 atom stereocenters. The topological polar surface area (TPSA) is 76.0 Å². The number of nitrogens with one attached hydrogen (secondary N) is 2. The Balaban J connectivity index is 1.46. The van der Waals surface area contributed by atoms with E-state index in [9.17, 15) is 22.8 Å². The fourth-order valence-corrected chi connectivity index (χ4v) is 3.13. The van der Waals surface area contributed by atoms with Crippen molar-refractivity contribution in [3.63, 3.8) is 0 Å². The number of halogens is 3. The summed E-state index contributed by atoms with van der Waals surface area (Å²) < 4.78 is 41.8. The van der Waals surface area contributed by atoms with E-state index in [0.717, 1.165) is 19.0 Å². The standard InChI is InChI=1S/C22H19F3N4O2/c23-22(24,25)19-18(13-27-29(19)17-4-2-1-3-5-17)21(31)26-12-14-6-10-16(11-7-14)28-20(30)15-8-9-15/h1-7,10-11,13,15H,8-9,12H2,(H,26,31)(H,28,30). The van der Waals surface area contributed by atoms with Gasteiger partial charge in [0.15, 0.2) is 5.69 Å². The molecule has 1 aromatic heterocycles. The number of rotatable bonds is 6. The lowest BCUT2D eigenvalue weighted by atomic mass is 10.1. The first-order valence-corrected chi connectivity index (χ1v) is 9.71. The molecule has 2 N–H and O–H groups in total. The lowest BCUT2D eigenvalue weighted by molar-refractivity contribution is -0.143. The van der Waals surface area contributed by atoms with Gasteiger partial charge < -0.3 is 10.6 Å². The lowest BCUT2D eigenvalue weighted by Crippen LogP contribution is -2.26. The summed E-state index contributed by atoms with van der Waals surface area (Å²) in [4.78, 5) is 24.3. The summed E-state index contributed by atoms with van der Waals surface area (Å²) in [6.45, 7) is 0.0312. The van der Waals surface area contributed by atoms with Crippen molar-refractivity contribution < 1.29 is 22.8 Å². The molecule has 0 spiro atoms. The van der Waals surface area contributed by atoms with Crippen LogP contribution in [-0.2, 0) is 17.5 Å². The van der Waals surface area contributed by atoms with E-state index >= 15 is 0 Å². The van der Waals surface area contributed by atoms with E-state index in [-0.39, 0.29) is 24.1 Å². The van der Waals surface area contributed by atoms with Crippen LogP contribution in [0.4, 0.5) is 18.9 Å². The van der Waals surface area contributed by atoms with E-state index < -0.39 is 23.3 Å². The molecule has 160 valence electrons. The zero-order valence-corrected chi connectivity index (χ0v) is 16.3. The summed E-state index contributed by atoms with van der Waals surface area (Å²) in [5.74, 6) is -0.810. The maximum Gasteiger partial charge on any atom is 0.434 e. The molecule has 0 unspecified atom stereocenters. The molecule has 6 nitrogen and oxygen atoms in total. The predicted molar refractivity (Wildman–Crippen MR) is 108 cm³/mol. The van der Waals surface area contributed by atoms with Crippen LogP contribution in [0.3, 0.4) is 0 Å². The Hall–Kier alpha value is -3.62. The monoisotopic (exact) mass is 428 g/mol. The van der Waals surface area contributed by atoms with E-state index in [4.69, 9.17) is 0 Å². The molecule has 4 rings (SSSR count). The Morgan fingerprint density at radius 1 is 1.03 bits per heavy atom. The number of hydrogen-bond acceptors (Lipinski definition) is 3. The number of nitrogens with zero attached hydrogens (tertiary/aromatic N) is 2. The van der Waals surface area contributed by atoms with Crippen molar-refractivity contribution in [2.24, 2.45) is 5.92 Å². The van der Waals surface area contributed by atoms with Gasteiger partial charge in [0.05, 0.1) is 17.4 Å². The third kappa shape index (κ3) is 4.76. The number of hydrogen-bond donors (Lipinski definition) is 2. The second kappa shape index (κ2) is 8.25. The number of carbonyl (C=O) groups is 2. The molecule has 0 bridgehead atoms. The minimum Gasteiger partial charge on any atom is -0.348 e. The van der Waals surface area contributed by atoms with Gasteiger partial charge in [0, 0.05) is 18.2 Å². The van der Waals surface area contributed by atoms with Gasteiger partial charge in [0.2, 0.25) is 5.91 Å². The van der Waals surface area contributed by atoms with Crippen molar-refractivity contribution in [1.29, 1.82) is 0 Å². The Morgan fingerprint density at radius 3 is 2.32 bits per heavy atom. The molecule has 1 saturated carbocycles. The van der Waals surface area contributed by atoms with E-state index in [1.807, 2.05) is 0 Å². The molecule has 0 aliphatic heterocycles. The summed E-state index contributed by atoms with van der Waals surface area (Å²) >= 11 is 0. The first-order valence-electron chi connectivity index (χ1n) is 9.71. The fourth-order valence-electron chi connectivity index (χ4n) is 3.13. The molecule has 1 fully saturated rings. The van der Waals surface area contributed by atoms with Crippen molar-refractivity contribution in [2.45, 2.75) is 25.6 Å². The first-order chi connectivity index (χ1) is 14.8. The molecule has 9 heteroatoms. The number of anilines is 1. The molecule has 0 saturated heterocycles. The smallest absolute Gasteiger partial charge is 0.348 e. The van der Waals surface area contributed by atoms with E-state index in [1.54, 1.807) is 42.5 Å². The molecular weight excluding hydrogens is 409 g/mol. The van der Waals surface area contributed by atoms with Gasteiger partial charge in [-0.2, -0.15) is 18.3 Å². The van der Waals surface area contributed by atoms with Crippen LogP contribution in [0, 0.1) is 5.92 Å². The third-order valence-electron chi connectivity index (χ3n) is 4.91. The molecular formula is C22H19F3N4O2. The van der Waals surface area contributed by atoms with Crippen LogP contribution in [0.2, 0.25) is 0 Å². The van der Waals surface area contributed by atoms with Gasteiger partial charge >= 0.3 is 6.18 Å². The van der Waals surface area contributed by atoms with Gasteiger partial charge in [-0.15, -0.1) is 0 Å². The summed E-state index contributed by atoms with van der Waals surface area (Å²) in [6.07, 6.45) is -2.05. The van der Waals surface area contributed by atoms with Crippen molar-refractivity contribution in [3.8, 4) is 5.69 Å². The van der Waals surface area contributed by atoms with Gasteiger partial charge in [0.1, 0.15) is 0 Å². The minimum atomic E-state index is -4.76. The highest BCUT2D eigenvalue weighted by molar-refractivity contribution is 5.95. The van der Waals surface area contributed by atoms with Crippen molar-refractivity contribution in [2.75, 3.05) is 5.32 Å². The molecule has 0 radical (unpaired) electrons. The Labute approximate surface area is 176 Å². The summed E-state index contributed by atoms with van der Waals surface area (Å²) in [5.41, 5.74) is -0.158. The number of alkyl halides is 3. The van der Waals surface area contributed by atoms with E-state index in [0.29, 0.717) is 15.9 Å². The third-order valence-corrected chi connectivity index (χ3v) is 4.91. The minimum absolute atomic E-state index is 0.0174. The first kappa shape index (κ1) is 20.6. The van der Waals surface area contributed by atoms with E-state index in [2.05, 4.69) is 15.7 Å². The predicted octanol–water partition coefficient (Wildman–Crippen LogP) is 4.17. The van der Waals surface area contributed by atoms with E-state index in [1.165, 1.54) is 12.1 Å². The van der Waals surface area contributed by atoms with Crippen LogP contribution in [0.1, 0.15) is 34.5 Å². The Kier molecular flexibility index (Phi) is 5.50. The largest absolute Gasteiger partial charge is 0.434 e. The quantitative estimate of drug-likeness (QED) is 0.619. The van der Waals surface area contributed by atoms with Crippen LogP contribution < -0.4 is 10.6 Å². The van der Waals surface area contributed by atoms with Crippen LogP contribution >= 0.6 is 0 Å². The summed E-state index contributed by atoms with van der Waals surface area (Å²) in [6, 6.07) is 14.6. The highest BCUT2D eigenvalue weighted by atomic mass is 19.4. The van der Waals surface area contributed by atoms with Crippen molar-refractivity contribution in [1.82, 2.24) is 15.1 Å². The van der Waals surface area contributed by atoms with Crippen molar-refractivity contribution in [3.05, 3.63) is 77.6 Å². The number of para-hydroxylation sites is 1. The SMILES string of the molecule is O=C(NCc1ccc(NC(=O)C2CC2)cc1)c1cnn(-c2ccccc2)c1C(F)(F)F. The second-order valence-corrected chi connectivity index (χ2v) is 7.30.